The Labute approximate surface area is 350 Å². The number of ether oxygens (including phenoxy) is 1. The summed E-state index contributed by atoms with van der Waals surface area (Å²) in [5, 5.41) is 38.9. The first-order valence-corrected chi connectivity index (χ1v) is 19.2. The van der Waals surface area contributed by atoms with Crippen molar-refractivity contribution in [3.05, 3.63) is 129 Å². The third kappa shape index (κ3) is 8.51. The van der Waals surface area contributed by atoms with Gasteiger partial charge in [-0.1, -0.05) is 50.1 Å². The summed E-state index contributed by atoms with van der Waals surface area (Å²) in [4.78, 5) is 104. The number of aliphatic hydroxyl groups is 1. The number of halogens is 2. The standard InChI is InChI=1S/C14H10O5.C14H8O5.C10H6O4.C4H6Br2O/c2*1-6(15)10-5-8-12(17)11-7(3-2-4-9(11)16)13(18)14(8)19-10;11-6-3-1-2-5-9(6)7(12)4-8(13)10(5)14;1-3(7)4(6)2-5/h2-4,10,16H,5H2,1H3;2-5,16H,1H3;1-4,11-12H;4H,2H2,1H3. The third-order valence-electron chi connectivity index (χ3n) is 9.03. The summed E-state index contributed by atoms with van der Waals surface area (Å²) in [5.74, 6) is -5.16. The fraction of sp³-hybridized carbons (Fsp3) is 0.167. The number of allylic oxidation sites excluding steroid dienone is 2. The van der Waals surface area contributed by atoms with Gasteiger partial charge in [0.15, 0.2) is 40.7 Å². The molecule has 15 nitrogen and oxygen atoms in total. The van der Waals surface area contributed by atoms with E-state index in [0.717, 1.165) is 6.08 Å². The van der Waals surface area contributed by atoms with Crippen LogP contribution < -0.4 is 0 Å². The molecule has 2 heterocycles. The molecule has 4 aliphatic rings. The summed E-state index contributed by atoms with van der Waals surface area (Å²) >= 11 is 6.29. The number of phenols is 3. The van der Waals surface area contributed by atoms with E-state index in [4.69, 9.17) is 9.15 Å². The van der Waals surface area contributed by atoms with Crippen LogP contribution in [0.15, 0.2) is 82.5 Å². The van der Waals surface area contributed by atoms with Gasteiger partial charge in [0.25, 0.3) is 0 Å². The molecule has 3 aliphatic carbocycles. The highest BCUT2D eigenvalue weighted by Crippen LogP contribution is 2.39. The molecule has 0 spiro atoms. The molecule has 17 heteroatoms. The molecule has 0 saturated carbocycles. The number of carbonyl (C=O) groups is 9. The summed E-state index contributed by atoms with van der Waals surface area (Å²) in [6.07, 6.45) is 0.113. The van der Waals surface area contributed by atoms with Crippen molar-refractivity contribution < 1.29 is 72.7 Å². The number of furan rings is 1. The Kier molecular flexibility index (Phi) is 12.9. The van der Waals surface area contributed by atoms with Crippen LogP contribution in [-0.4, -0.2) is 88.7 Å². The number of rotatable bonds is 4. The molecule has 1 aliphatic heterocycles. The maximum atomic E-state index is 12.3. The molecule has 4 N–H and O–H groups in total. The maximum Gasteiger partial charge on any atom is 0.233 e. The molecule has 0 amide bonds. The maximum absolute atomic E-state index is 12.3. The summed E-state index contributed by atoms with van der Waals surface area (Å²) in [7, 11) is 0. The van der Waals surface area contributed by atoms with Gasteiger partial charge in [0, 0.05) is 41.4 Å². The highest BCUT2D eigenvalue weighted by Gasteiger charge is 2.43. The first-order valence-electron chi connectivity index (χ1n) is 17.2. The Hall–Kier alpha value is -6.59. The number of fused-ring (bicyclic) bond motifs is 4. The van der Waals surface area contributed by atoms with E-state index in [-0.39, 0.29) is 113 Å². The number of benzene rings is 3. The van der Waals surface area contributed by atoms with E-state index in [2.05, 4.69) is 31.9 Å². The number of alkyl halides is 2. The predicted molar refractivity (Wildman–Crippen MR) is 213 cm³/mol. The van der Waals surface area contributed by atoms with Crippen LogP contribution in [0.4, 0.5) is 0 Å². The highest BCUT2D eigenvalue weighted by atomic mass is 79.9. The minimum Gasteiger partial charge on any atom is -0.507 e. The molecule has 0 radical (unpaired) electrons. The van der Waals surface area contributed by atoms with Crippen molar-refractivity contribution >= 4 is 89.7 Å². The first kappa shape index (κ1) is 43.5. The van der Waals surface area contributed by atoms with Gasteiger partial charge in [-0.3, -0.25) is 43.2 Å². The van der Waals surface area contributed by atoms with Crippen LogP contribution in [-0.2, 0) is 19.1 Å². The van der Waals surface area contributed by atoms with Gasteiger partial charge in [-0.25, -0.2) is 0 Å². The van der Waals surface area contributed by atoms with Crippen molar-refractivity contribution in [1.29, 1.82) is 0 Å². The van der Waals surface area contributed by atoms with E-state index in [1.165, 1.54) is 74.5 Å². The largest absolute Gasteiger partial charge is 0.507 e. The lowest BCUT2D eigenvalue weighted by atomic mass is 9.86. The molecule has 0 saturated heterocycles. The molecule has 2 unspecified atom stereocenters. The second-order valence-corrected chi connectivity index (χ2v) is 14.8. The van der Waals surface area contributed by atoms with Crippen molar-refractivity contribution in [2.24, 2.45) is 0 Å². The zero-order valence-electron chi connectivity index (χ0n) is 31.0. The Bertz CT molecular complexity index is 2610. The van der Waals surface area contributed by atoms with Gasteiger partial charge >= 0.3 is 0 Å². The van der Waals surface area contributed by atoms with E-state index in [0.29, 0.717) is 5.33 Å². The smallest absolute Gasteiger partial charge is 0.233 e. The molecule has 0 bridgehead atoms. The topological polar surface area (TPSA) is 257 Å². The summed E-state index contributed by atoms with van der Waals surface area (Å²) < 4.78 is 10.4. The number of hydrogen-bond acceptors (Lipinski definition) is 15. The van der Waals surface area contributed by atoms with Crippen molar-refractivity contribution in [3.63, 3.8) is 0 Å². The lowest BCUT2D eigenvalue weighted by Gasteiger charge is -2.15. The lowest BCUT2D eigenvalue weighted by Crippen LogP contribution is -2.20. The number of aromatic hydroxyl groups is 3. The van der Waals surface area contributed by atoms with Crippen molar-refractivity contribution in [1.82, 2.24) is 0 Å². The Morgan fingerprint density at radius 2 is 1.20 bits per heavy atom. The molecular weight excluding hydrogens is 904 g/mol. The first-order chi connectivity index (χ1) is 27.8. The zero-order valence-corrected chi connectivity index (χ0v) is 34.1. The quantitative estimate of drug-likeness (QED) is 0.0895. The summed E-state index contributed by atoms with van der Waals surface area (Å²) in [5.41, 5.74) is 0.417. The Morgan fingerprint density at radius 1 is 0.695 bits per heavy atom. The van der Waals surface area contributed by atoms with Crippen molar-refractivity contribution in [2.45, 2.75) is 38.1 Å². The molecule has 8 rings (SSSR count). The number of Topliss-reactive ketones (excluding diaryl/α,β-unsaturated/α-hetero) is 6. The van der Waals surface area contributed by atoms with E-state index in [1.807, 2.05) is 0 Å². The fourth-order valence-corrected chi connectivity index (χ4v) is 6.47. The Morgan fingerprint density at radius 3 is 1.69 bits per heavy atom. The van der Waals surface area contributed by atoms with Gasteiger partial charge < -0.3 is 29.6 Å². The van der Waals surface area contributed by atoms with E-state index in [9.17, 15) is 63.6 Å². The predicted octanol–water partition coefficient (Wildman–Crippen LogP) is 6.16. The van der Waals surface area contributed by atoms with Crippen LogP contribution in [0, 0.1) is 0 Å². The third-order valence-corrected chi connectivity index (χ3v) is 11.5. The van der Waals surface area contributed by atoms with Crippen LogP contribution in [0.5, 0.6) is 17.2 Å². The molecule has 3 aromatic carbocycles. The van der Waals surface area contributed by atoms with Gasteiger partial charge in [-0.05, 0) is 56.3 Å². The Balaban J connectivity index is 0.000000157. The lowest BCUT2D eigenvalue weighted by molar-refractivity contribution is -0.124. The van der Waals surface area contributed by atoms with E-state index < -0.39 is 40.8 Å². The molecule has 2 atom stereocenters. The van der Waals surface area contributed by atoms with Crippen LogP contribution in [0.3, 0.4) is 0 Å². The summed E-state index contributed by atoms with van der Waals surface area (Å²) in [6.45, 7) is 4.19. The second-order valence-electron chi connectivity index (χ2n) is 13.0. The molecule has 59 heavy (non-hydrogen) atoms. The van der Waals surface area contributed by atoms with Gasteiger partial charge in [0.2, 0.25) is 28.9 Å². The highest BCUT2D eigenvalue weighted by molar-refractivity contribution is 9.12. The normalized spacial score (nSPS) is 16.2. The van der Waals surface area contributed by atoms with Crippen LogP contribution in [0.25, 0.3) is 5.76 Å². The zero-order chi connectivity index (χ0) is 43.6. The summed E-state index contributed by atoms with van der Waals surface area (Å²) in [6, 6.07) is 14.0. The van der Waals surface area contributed by atoms with Crippen molar-refractivity contribution in [3.8, 4) is 17.2 Å². The monoisotopic (exact) mass is 932 g/mol. The molecular formula is C42H30Br2O15. The number of ketones is 9. The van der Waals surface area contributed by atoms with Crippen LogP contribution in [0.2, 0.25) is 0 Å². The fourth-order valence-electron chi connectivity index (χ4n) is 6.02. The molecule has 302 valence electrons. The molecule has 1 aromatic heterocycles. The van der Waals surface area contributed by atoms with Crippen LogP contribution >= 0.6 is 31.9 Å². The van der Waals surface area contributed by atoms with E-state index >= 15 is 0 Å². The van der Waals surface area contributed by atoms with Crippen LogP contribution in [0.1, 0.15) is 106 Å². The van der Waals surface area contributed by atoms with Crippen molar-refractivity contribution in [2.75, 3.05) is 5.33 Å². The number of aliphatic hydroxyl groups excluding tert-OH is 1. The molecule has 4 aromatic rings. The second kappa shape index (κ2) is 17.5. The van der Waals surface area contributed by atoms with Gasteiger partial charge in [0.05, 0.1) is 32.7 Å². The van der Waals surface area contributed by atoms with Gasteiger partial charge in [-0.15, -0.1) is 0 Å². The van der Waals surface area contributed by atoms with Gasteiger partial charge in [0.1, 0.15) is 28.8 Å². The molecule has 0 fully saturated rings. The number of phenolic OH excluding ortho intramolecular Hbond substituents is 3. The number of carbonyl (C=O) groups excluding carboxylic acids is 9. The average molecular weight is 934 g/mol. The van der Waals surface area contributed by atoms with E-state index in [1.54, 1.807) is 6.92 Å². The minimum atomic E-state index is -0.783. The average Bonchev–Trinajstić information content (AvgIpc) is 3.86. The number of hydrogen-bond donors (Lipinski definition) is 4. The SMILES string of the molecule is CC(=O)C(Br)CBr.CC(=O)C1CC2=C(O1)C(=O)c1cccc(O)c1C2=O.CC(=O)c1cc2c(o1)C(=O)c1cccc(O)c1C2=O.O=C1C=C(O)c2c(O)cccc2C1=O. The van der Waals surface area contributed by atoms with Gasteiger partial charge in [-0.2, -0.15) is 0 Å². The minimum absolute atomic E-state index is 0.000878.